The maximum Gasteiger partial charge on any atom is 0.165 e. The fourth-order valence-electron chi connectivity index (χ4n) is 1.99. The van der Waals surface area contributed by atoms with Crippen molar-refractivity contribution in [2.45, 2.75) is 33.3 Å². The Morgan fingerprint density at radius 2 is 1.65 bits per heavy atom. The smallest absolute Gasteiger partial charge is 0.165 e. The van der Waals surface area contributed by atoms with Gasteiger partial charge in [-0.15, -0.1) is 0 Å². The molecule has 1 rings (SSSR count). The van der Waals surface area contributed by atoms with Crippen molar-refractivity contribution >= 4 is 15.9 Å². The minimum atomic E-state index is -0.415. The van der Waals surface area contributed by atoms with E-state index in [0.717, 1.165) is 26.9 Å². The van der Waals surface area contributed by atoms with Crippen LogP contribution in [-0.4, -0.2) is 25.4 Å². The van der Waals surface area contributed by atoms with Gasteiger partial charge in [0.25, 0.3) is 0 Å². The average Bonchev–Trinajstić information content (AvgIpc) is 2.29. The van der Waals surface area contributed by atoms with Crippen LogP contribution in [0.3, 0.4) is 0 Å². The summed E-state index contributed by atoms with van der Waals surface area (Å²) >= 11 is 3.56. The number of hydrogen-bond acceptors (Lipinski definition) is 3. The van der Waals surface area contributed by atoms with E-state index < -0.39 is 6.10 Å². The highest BCUT2D eigenvalue weighted by atomic mass is 79.9. The molecule has 3 nitrogen and oxygen atoms in total. The Labute approximate surface area is 111 Å². The van der Waals surface area contributed by atoms with Crippen molar-refractivity contribution in [3.05, 3.63) is 21.2 Å². The summed E-state index contributed by atoms with van der Waals surface area (Å²) in [6, 6.07) is 0. The molecular weight excluding hydrogens is 284 g/mol. The second kappa shape index (κ2) is 5.74. The Bertz CT molecular complexity index is 414. The predicted molar refractivity (Wildman–Crippen MR) is 72.1 cm³/mol. The van der Waals surface area contributed by atoms with Crippen molar-refractivity contribution in [2.75, 3.05) is 14.2 Å². The summed E-state index contributed by atoms with van der Waals surface area (Å²) < 4.78 is 11.8. The number of aliphatic hydroxyl groups is 1. The van der Waals surface area contributed by atoms with E-state index >= 15 is 0 Å². The van der Waals surface area contributed by atoms with E-state index in [1.54, 1.807) is 21.1 Å². The molecule has 0 aliphatic rings. The van der Waals surface area contributed by atoms with Crippen molar-refractivity contribution in [1.29, 1.82) is 0 Å². The molecule has 1 unspecified atom stereocenters. The summed E-state index contributed by atoms with van der Waals surface area (Å²) in [7, 11) is 3.24. The van der Waals surface area contributed by atoms with Crippen LogP contribution >= 0.6 is 15.9 Å². The van der Waals surface area contributed by atoms with Crippen molar-refractivity contribution < 1.29 is 14.6 Å². The zero-order valence-electron chi connectivity index (χ0n) is 10.9. The third-order valence-electron chi connectivity index (χ3n) is 2.84. The minimum absolute atomic E-state index is 0.415. The van der Waals surface area contributed by atoms with E-state index in [1.165, 1.54) is 0 Å². The molecule has 1 aromatic carbocycles. The van der Waals surface area contributed by atoms with Gasteiger partial charge in [-0.05, 0) is 26.3 Å². The van der Waals surface area contributed by atoms with Crippen LogP contribution < -0.4 is 9.47 Å². The van der Waals surface area contributed by atoms with Crippen molar-refractivity contribution in [1.82, 2.24) is 0 Å². The van der Waals surface area contributed by atoms with Gasteiger partial charge in [-0.2, -0.15) is 0 Å². The van der Waals surface area contributed by atoms with Crippen LogP contribution in [0.25, 0.3) is 0 Å². The number of ether oxygens (including phenoxy) is 2. The van der Waals surface area contributed by atoms with Crippen LogP contribution in [0.4, 0.5) is 0 Å². The van der Waals surface area contributed by atoms with E-state index in [0.29, 0.717) is 12.2 Å². The van der Waals surface area contributed by atoms with E-state index in [4.69, 9.17) is 9.47 Å². The highest BCUT2D eigenvalue weighted by Gasteiger charge is 2.20. The van der Waals surface area contributed by atoms with Crippen LogP contribution in [0, 0.1) is 13.8 Å². The van der Waals surface area contributed by atoms with Gasteiger partial charge in [-0.3, -0.25) is 0 Å². The lowest BCUT2D eigenvalue weighted by molar-refractivity contribution is 0.193. The number of aliphatic hydroxyl groups excluding tert-OH is 1. The molecule has 96 valence electrons. The van der Waals surface area contributed by atoms with Gasteiger partial charge in [-0.1, -0.05) is 15.9 Å². The summed E-state index contributed by atoms with van der Waals surface area (Å²) in [5.74, 6) is 1.44. The maximum absolute atomic E-state index is 9.56. The zero-order chi connectivity index (χ0) is 13.2. The quantitative estimate of drug-likeness (QED) is 0.929. The topological polar surface area (TPSA) is 38.7 Å². The first-order valence-electron chi connectivity index (χ1n) is 5.51. The molecule has 0 aromatic heterocycles. The largest absolute Gasteiger partial charge is 0.493 e. The first-order valence-corrected chi connectivity index (χ1v) is 6.30. The molecular formula is C13H19BrO3. The van der Waals surface area contributed by atoms with Gasteiger partial charge in [0.2, 0.25) is 0 Å². The fourth-order valence-corrected chi connectivity index (χ4v) is 2.41. The van der Waals surface area contributed by atoms with E-state index in [-0.39, 0.29) is 0 Å². The minimum Gasteiger partial charge on any atom is -0.493 e. The lowest BCUT2D eigenvalue weighted by Gasteiger charge is -2.20. The van der Waals surface area contributed by atoms with Gasteiger partial charge < -0.3 is 14.6 Å². The molecule has 1 aromatic rings. The molecule has 17 heavy (non-hydrogen) atoms. The number of benzene rings is 1. The molecule has 0 fully saturated rings. The van der Waals surface area contributed by atoms with Crippen LogP contribution in [0.5, 0.6) is 11.5 Å². The summed E-state index contributed by atoms with van der Waals surface area (Å²) in [5.41, 5.74) is 3.08. The normalized spacial score (nSPS) is 12.4. The number of hydrogen-bond donors (Lipinski definition) is 1. The molecule has 0 saturated carbocycles. The molecule has 0 radical (unpaired) electrons. The molecule has 0 amide bonds. The molecule has 0 aliphatic carbocycles. The molecule has 0 aliphatic heterocycles. The first kappa shape index (κ1) is 14.3. The summed E-state index contributed by atoms with van der Waals surface area (Å²) in [5, 5.41) is 9.56. The Kier molecular flexibility index (Phi) is 4.83. The van der Waals surface area contributed by atoms with Crippen LogP contribution in [0.2, 0.25) is 0 Å². The summed E-state index contributed by atoms with van der Waals surface area (Å²) in [6.07, 6.45) is 0.131. The molecule has 0 spiro atoms. The summed E-state index contributed by atoms with van der Waals surface area (Å²) in [4.78, 5) is 0. The number of methoxy groups -OCH3 is 2. The van der Waals surface area contributed by atoms with Gasteiger partial charge in [0.05, 0.1) is 20.3 Å². The predicted octanol–water partition coefficient (Wildman–Crippen LogP) is 3.01. The SMILES string of the molecule is COc1c(C)c(Br)c(C)c(CC(C)O)c1OC. The molecule has 0 heterocycles. The second-order valence-corrected chi connectivity index (χ2v) is 4.96. The first-order chi connectivity index (χ1) is 7.93. The molecule has 1 atom stereocenters. The summed E-state index contributed by atoms with van der Waals surface area (Å²) in [6.45, 7) is 5.75. The zero-order valence-corrected chi connectivity index (χ0v) is 12.5. The van der Waals surface area contributed by atoms with Gasteiger partial charge in [0.15, 0.2) is 11.5 Å². The van der Waals surface area contributed by atoms with Gasteiger partial charge >= 0.3 is 0 Å². The number of halogens is 1. The average molecular weight is 303 g/mol. The van der Waals surface area contributed by atoms with Crippen molar-refractivity contribution in [3.8, 4) is 11.5 Å². The van der Waals surface area contributed by atoms with E-state index in [1.807, 2.05) is 13.8 Å². The highest BCUT2D eigenvalue weighted by Crippen LogP contribution is 2.42. The lowest BCUT2D eigenvalue weighted by Crippen LogP contribution is -2.09. The van der Waals surface area contributed by atoms with Crippen molar-refractivity contribution in [3.63, 3.8) is 0 Å². The molecule has 0 saturated heterocycles. The lowest BCUT2D eigenvalue weighted by atomic mass is 9.98. The van der Waals surface area contributed by atoms with Crippen LogP contribution in [0.15, 0.2) is 4.47 Å². The molecule has 1 N–H and O–H groups in total. The Balaban J connectivity index is 3.50. The molecule has 0 bridgehead atoms. The third kappa shape index (κ3) is 2.75. The Morgan fingerprint density at radius 3 is 2.06 bits per heavy atom. The Morgan fingerprint density at radius 1 is 1.12 bits per heavy atom. The van der Waals surface area contributed by atoms with Crippen LogP contribution in [-0.2, 0) is 6.42 Å². The highest BCUT2D eigenvalue weighted by molar-refractivity contribution is 9.10. The maximum atomic E-state index is 9.56. The number of rotatable bonds is 4. The van der Waals surface area contributed by atoms with Gasteiger partial charge in [0, 0.05) is 22.0 Å². The van der Waals surface area contributed by atoms with E-state index in [2.05, 4.69) is 15.9 Å². The molecule has 4 heteroatoms. The Hall–Kier alpha value is -0.740. The van der Waals surface area contributed by atoms with Gasteiger partial charge in [-0.25, -0.2) is 0 Å². The second-order valence-electron chi connectivity index (χ2n) is 4.16. The van der Waals surface area contributed by atoms with E-state index in [9.17, 15) is 5.11 Å². The monoisotopic (exact) mass is 302 g/mol. The van der Waals surface area contributed by atoms with Gasteiger partial charge in [0.1, 0.15) is 0 Å². The third-order valence-corrected chi connectivity index (χ3v) is 4.03. The van der Waals surface area contributed by atoms with Crippen molar-refractivity contribution in [2.24, 2.45) is 0 Å². The fraction of sp³-hybridized carbons (Fsp3) is 0.538. The van der Waals surface area contributed by atoms with Crippen LogP contribution in [0.1, 0.15) is 23.6 Å². The standard InChI is InChI=1S/C13H19BrO3/c1-7(15)6-10-8(2)11(14)9(3)12(16-4)13(10)17-5/h7,15H,6H2,1-5H3.